The smallest absolute Gasteiger partial charge is 0.475 e. The Morgan fingerprint density at radius 2 is 1.79 bits per heavy atom. The van der Waals surface area contributed by atoms with Crippen molar-refractivity contribution in [2.24, 2.45) is 0 Å². The number of hydrogen-bond donors (Lipinski definition) is 1. The van der Waals surface area contributed by atoms with E-state index in [9.17, 15) is 18.0 Å². The van der Waals surface area contributed by atoms with Gasteiger partial charge in [-0.2, -0.15) is 18.3 Å². The maximum absolute atomic E-state index is 12.8. The Bertz CT molecular complexity index is 955. The van der Waals surface area contributed by atoms with Gasteiger partial charge in [0.25, 0.3) is 5.91 Å². The molecule has 33 heavy (non-hydrogen) atoms. The van der Waals surface area contributed by atoms with Crippen LogP contribution in [0.25, 0.3) is 0 Å². The zero-order valence-electron chi connectivity index (χ0n) is 18.0. The third-order valence-electron chi connectivity index (χ3n) is 5.35. The molecule has 2 fully saturated rings. The van der Waals surface area contributed by atoms with E-state index >= 15 is 0 Å². The molecule has 2 aliphatic rings. The lowest BCUT2D eigenvalue weighted by atomic mass is 9.90. The van der Waals surface area contributed by atoms with Crippen molar-refractivity contribution < 1.29 is 32.6 Å². The van der Waals surface area contributed by atoms with Crippen molar-refractivity contribution in [3.8, 4) is 0 Å². The standard InChI is InChI=1S/C19H23N5O2.C2HF3O2/c1-15-3-4-17(22-21-15)23-10-2-7-19(13-23)14-24(11-12-26-19)18(25)16-5-8-20-9-6-16;3-2(4,5)1(6)7/h3-6,8-9H,2,7,10-14H2,1H3;(H,6,7). The minimum Gasteiger partial charge on any atom is -0.475 e. The molecule has 9 nitrogen and oxygen atoms in total. The molecule has 178 valence electrons. The summed E-state index contributed by atoms with van der Waals surface area (Å²) in [7, 11) is 0. The van der Waals surface area contributed by atoms with Crippen LogP contribution in [0.2, 0.25) is 0 Å². The van der Waals surface area contributed by atoms with Crippen molar-refractivity contribution in [2.75, 3.05) is 37.7 Å². The highest BCUT2D eigenvalue weighted by molar-refractivity contribution is 5.94. The van der Waals surface area contributed by atoms with Crippen molar-refractivity contribution >= 4 is 17.7 Å². The molecule has 2 aromatic rings. The van der Waals surface area contributed by atoms with Gasteiger partial charge in [-0.3, -0.25) is 9.78 Å². The summed E-state index contributed by atoms with van der Waals surface area (Å²) in [4.78, 5) is 29.8. The number of pyridine rings is 1. The molecule has 0 saturated carbocycles. The number of anilines is 1. The van der Waals surface area contributed by atoms with E-state index in [1.165, 1.54) is 0 Å². The van der Waals surface area contributed by atoms with E-state index in [2.05, 4.69) is 20.1 Å². The molecule has 1 amide bonds. The highest BCUT2D eigenvalue weighted by Gasteiger charge is 2.42. The molecule has 1 atom stereocenters. The van der Waals surface area contributed by atoms with Gasteiger partial charge in [-0.25, -0.2) is 4.79 Å². The van der Waals surface area contributed by atoms with Crippen LogP contribution in [0.15, 0.2) is 36.7 Å². The number of morpholine rings is 1. The number of alkyl halides is 3. The molecule has 2 aromatic heterocycles. The Morgan fingerprint density at radius 3 is 2.39 bits per heavy atom. The average molecular weight is 467 g/mol. The van der Waals surface area contributed by atoms with Crippen molar-refractivity contribution in [3.63, 3.8) is 0 Å². The number of amides is 1. The first-order valence-corrected chi connectivity index (χ1v) is 10.3. The number of hydrogen-bond acceptors (Lipinski definition) is 7. The molecule has 2 aliphatic heterocycles. The fourth-order valence-corrected chi connectivity index (χ4v) is 3.80. The number of aryl methyl sites for hydroxylation is 1. The van der Waals surface area contributed by atoms with Crippen LogP contribution in [0, 0.1) is 6.92 Å². The maximum atomic E-state index is 12.8. The first-order valence-electron chi connectivity index (χ1n) is 10.3. The summed E-state index contributed by atoms with van der Waals surface area (Å²) in [5.74, 6) is -1.84. The SMILES string of the molecule is Cc1ccc(N2CCCC3(CN(C(=O)c4ccncc4)CCO3)C2)nn1.O=C(O)C(F)(F)F. The molecule has 0 radical (unpaired) electrons. The quantitative estimate of drug-likeness (QED) is 0.717. The third-order valence-corrected chi connectivity index (χ3v) is 5.35. The van der Waals surface area contributed by atoms with Gasteiger partial charge in [-0.05, 0) is 44.0 Å². The molecule has 0 aliphatic carbocycles. The second-order valence-corrected chi connectivity index (χ2v) is 7.86. The number of ether oxygens (including phenoxy) is 1. The fraction of sp³-hybridized carbons (Fsp3) is 0.476. The van der Waals surface area contributed by atoms with Crippen LogP contribution in [0.3, 0.4) is 0 Å². The zero-order valence-corrected chi connectivity index (χ0v) is 18.0. The number of nitrogens with zero attached hydrogens (tertiary/aromatic N) is 5. The van der Waals surface area contributed by atoms with Gasteiger partial charge in [0, 0.05) is 31.0 Å². The fourth-order valence-electron chi connectivity index (χ4n) is 3.80. The number of carboxylic acids is 1. The van der Waals surface area contributed by atoms with Crippen LogP contribution < -0.4 is 4.90 Å². The lowest BCUT2D eigenvalue weighted by Crippen LogP contribution is -2.61. The van der Waals surface area contributed by atoms with Crippen LogP contribution in [-0.2, 0) is 9.53 Å². The Kier molecular flexibility index (Phi) is 7.46. The molecule has 1 spiro atoms. The third kappa shape index (κ3) is 6.37. The Balaban J connectivity index is 0.000000383. The number of aliphatic carboxylic acids is 1. The summed E-state index contributed by atoms with van der Waals surface area (Å²) in [6.07, 6.45) is 0.180. The van der Waals surface area contributed by atoms with E-state index in [0.29, 0.717) is 25.3 Å². The van der Waals surface area contributed by atoms with Gasteiger partial charge in [0.2, 0.25) is 0 Å². The minimum absolute atomic E-state index is 0.0438. The lowest BCUT2D eigenvalue weighted by Gasteiger charge is -2.48. The van der Waals surface area contributed by atoms with Gasteiger partial charge >= 0.3 is 12.1 Å². The van der Waals surface area contributed by atoms with Gasteiger partial charge < -0.3 is 19.6 Å². The van der Waals surface area contributed by atoms with Gasteiger partial charge in [0.1, 0.15) is 5.60 Å². The molecule has 0 bridgehead atoms. The minimum atomic E-state index is -5.08. The maximum Gasteiger partial charge on any atom is 0.490 e. The Morgan fingerprint density at radius 1 is 1.09 bits per heavy atom. The predicted molar refractivity (Wildman–Crippen MR) is 111 cm³/mol. The highest BCUT2D eigenvalue weighted by Crippen LogP contribution is 2.31. The number of halogens is 3. The van der Waals surface area contributed by atoms with Crippen LogP contribution in [-0.4, -0.2) is 81.6 Å². The van der Waals surface area contributed by atoms with Crippen molar-refractivity contribution in [1.82, 2.24) is 20.1 Å². The van der Waals surface area contributed by atoms with E-state index in [-0.39, 0.29) is 11.5 Å². The molecule has 1 unspecified atom stereocenters. The number of rotatable bonds is 2. The van der Waals surface area contributed by atoms with Gasteiger partial charge in [0.15, 0.2) is 5.82 Å². The zero-order chi connectivity index (χ0) is 24.1. The predicted octanol–water partition coefficient (Wildman–Crippen LogP) is 2.32. The van der Waals surface area contributed by atoms with Crippen LogP contribution in [0.5, 0.6) is 0 Å². The average Bonchev–Trinajstić information content (AvgIpc) is 2.79. The summed E-state index contributed by atoms with van der Waals surface area (Å²) >= 11 is 0. The molecule has 4 rings (SSSR count). The topological polar surface area (TPSA) is 109 Å². The largest absolute Gasteiger partial charge is 0.490 e. The molecule has 12 heteroatoms. The summed E-state index contributed by atoms with van der Waals surface area (Å²) in [6.45, 7) is 5.37. The van der Waals surface area contributed by atoms with Crippen molar-refractivity contribution in [1.29, 1.82) is 0 Å². The number of carboxylic acid groups (broad SMARTS) is 1. The van der Waals surface area contributed by atoms with E-state index < -0.39 is 12.1 Å². The first kappa shape index (κ1) is 24.4. The molecule has 4 heterocycles. The second kappa shape index (κ2) is 10.1. The number of carbonyl (C=O) groups excluding carboxylic acids is 1. The second-order valence-electron chi connectivity index (χ2n) is 7.86. The van der Waals surface area contributed by atoms with Gasteiger partial charge in [-0.1, -0.05) is 0 Å². The Labute approximate surface area is 188 Å². The van der Waals surface area contributed by atoms with Crippen LogP contribution >= 0.6 is 0 Å². The Hall–Kier alpha value is -3.28. The van der Waals surface area contributed by atoms with Crippen LogP contribution in [0.1, 0.15) is 28.9 Å². The lowest BCUT2D eigenvalue weighted by molar-refractivity contribution is -0.192. The normalized spacial score (nSPS) is 20.7. The van der Waals surface area contributed by atoms with Crippen molar-refractivity contribution in [2.45, 2.75) is 31.5 Å². The van der Waals surface area contributed by atoms with E-state index in [1.54, 1.807) is 24.5 Å². The first-order chi connectivity index (χ1) is 15.6. The van der Waals surface area contributed by atoms with E-state index in [4.69, 9.17) is 14.6 Å². The molecular weight excluding hydrogens is 443 g/mol. The summed E-state index contributed by atoms with van der Waals surface area (Å²) in [5.41, 5.74) is 1.24. The molecular formula is C21H24F3N5O4. The summed E-state index contributed by atoms with van der Waals surface area (Å²) in [5, 5.41) is 15.6. The van der Waals surface area contributed by atoms with Gasteiger partial charge in [0.05, 0.1) is 25.4 Å². The van der Waals surface area contributed by atoms with E-state index in [0.717, 1.165) is 37.4 Å². The van der Waals surface area contributed by atoms with Gasteiger partial charge in [-0.15, -0.1) is 5.10 Å². The highest BCUT2D eigenvalue weighted by atomic mass is 19.4. The molecule has 2 saturated heterocycles. The molecule has 1 N–H and O–H groups in total. The monoisotopic (exact) mass is 467 g/mol. The number of piperidine rings is 1. The summed E-state index contributed by atoms with van der Waals surface area (Å²) < 4.78 is 37.9. The molecule has 0 aromatic carbocycles. The number of aromatic nitrogens is 3. The summed E-state index contributed by atoms with van der Waals surface area (Å²) in [6, 6.07) is 7.51. The van der Waals surface area contributed by atoms with E-state index in [1.807, 2.05) is 24.0 Å². The van der Waals surface area contributed by atoms with Crippen molar-refractivity contribution in [3.05, 3.63) is 47.9 Å². The van der Waals surface area contributed by atoms with Crippen LogP contribution in [0.4, 0.5) is 19.0 Å². The number of carbonyl (C=O) groups is 2.